The van der Waals surface area contributed by atoms with Gasteiger partial charge < -0.3 is 0 Å². The van der Waals surface area contributed by atoms with Gasteiger partial charge in [-0.05, 0) is 6.07 Å². The molecule has 0 atom stereocenters. The lowest BCUT2D eigenvalue weighted by Gasteiger charge is -2.18. The summed E-state index contributed by atoms with van der Waals surface area (Å²) in [7, 11) is 0. The highest BCUT2D eigenvalue weighted by Gasteiger charge is 2.34. The average Bonchev–Trinajstić information content (AvgIpc) is 2.73. The summed E-state index contributed by atoms with van der Waals surface area (Å²) in [6.45, 7) is 0. The summed E-state index contributed by atoms with van der Waals surface area (Å²) >= 11 is 0. The molecule has 0 N–H and O–H groups in total. The normalized spacial score (nSPS) is 10.9. The molecule has 3 aromatic rings. The van der Waals surface area contributed by atoms with Crippen LogP contribution in [0.1, 0.15) is 5.56 Å². The fourth-order valence-corrected chi connectivity index (χ4v) is 2.97. The molecule has 0 radical (unpaired) electrons. The number of nitriles is 1. The lowest BCUT2D eigenvalue weighted by atomic mass is 9.88. The van der Waals surface area contributed by atoms with Gasteiger partial charge in [0.05, 0.1) is 12.5 Å². The Kier molecular flexibility index (Phi) is 5.48. The summed E-state index contributed by atoms with van der Waals surface area (Å²) in [6.07, 6.45) is -1.19. The molecule has 10 heteroatoms. The zero-order chi connectivity index (χ0) is 22.3. The van der Waals surface area contributed by atoms with Crippen LogP contribution in [0.5, 0.6) is 0 Å². The van der Waals surface area contributed by atoms with Gasteiger partial charge in [-0.15, -0.1) is 0 Å². The zero-order valence-corrected chi connectivity index (χ0v) is 14.4. The molecule has 154 valence electrons. The van der Waals surface area contributed by atoms with Crippen LogP contribution in [-0.4, -0.2) is 0 Å². The van der Waals surface area contributed by atoms with E-state index in [4.69, 9.17) is 5.26 Å². The molecule has 0 aliphatic carbocycles. The third-order valence-corrected chi connectivity index (χ3v) is 4.28. The van der Waals surface area contributed by atoms with Crippen molar-refractivity contribution in [1.29, 1.82) is 5.26 Å². The van der Waals surface area contributed by atoms with Crippen LogP contribution in [0.15, 0.2) is 24.3 Å². The lowest BCUT2D eigenvalue weighted by molar-refractivity contribution is 0.402. The molecule has 3 aromatic carbocycles. The minimum absolute atomic E-state index is 0.718. The van der Waals surface area contributed by atoms with Crippen LogP contribution in [0.4, 0.5) is 39.5 Å². The molecule has 3 rings (SSSR count). The van der Waals surface area contributed by atoms with Gasteiger partial charge in [0.1, 0.15) is 5.82 Å². The van der Waals surface area contributed by atoms with Crippen molar-refractivity contribution in [3.8, 4) is 28.3 Å². The molecule has 0 saturated heterocycles. The van der Waals surface area contributed by atoms with Gasteiger partial charge in [0, 0.05) is 27.8 Å². The van der Waals surface area contributed by atoms with Crippen LogP contribution in [0.25, 0.3) is 22.3 Å². The highest BCUT2D eigenvalue weighted by atomic mass is 19.2. The Morgan fingerprint density at radius 3 is 1.57 bits per heavy atom. The number of hydrogen-bond acceptors (Lipinski definition) is 1. The second-order valence-corrected chi connectivity index (χ2v) is 5.93. The number of hydrogen-bond donors (Lipinski definition) is 0. The fraction of sp³-hybridized carbons (Fsp3) is 0.0500. The Morgan fingerprint density at radius 1 is 0.567 bits per heavy atom. The van der Waals surface area contributed by atoms with E-state index in [9.17, 15) is 39.5 Å². The fourth-order valence-electron chi connectivity index (χ4n) is 2.97. The van der Waals surface area contributed by atoms with Crippen molar-refractivity contribution in [3.63, 3.8) is 0 Å². The maximum atomic E-state index is 14.7. The molecule has 0 amide bonds. The van der Waals surface area contributed by atoms with E-state index in [1.165, 1.54) is 6.07 Å². The molecule has 0 unspecified atom stereocenters. The van der Waals surface area contributed by atoms with Gasteiger partial charge in [-0.25, -0.2) is 39.5 Å². The molecule has 0 aromatic heterocycles. The van der Waals surface area contributed by atoms with Crippen LogP contribution in [-0.2, 0) is 6.42 Å². The van der Waals surface area contributed by atoms with Gasteiger partial charge in [-0.1, -0.05) is 18.2 Å². The zero-order valence-electron chi connectivity index (χ0n) is 14.4. The van der Waals surface area contributed by atoms with Crippen molar-refractivity contribution in [2.45, 2.75) is 6.42 Å². The van der Waals surface area contributed by atoms with Gasteiger partial charge in [0.2, 0.25) is 0 Å². The number of halogens is 9. The Labute approximate surface area is 162 Å². The van der Waals surface area contributed by atoms with Crippen LogP contribution in [0.3, 0.4) is 0 Å². The second kappa shape index (κ2) is 7.74. The van der Waals surface area contributed by atoms with Crippen molar-refractivity contribution in [3.05, 3.63) is 82.2 Å². The van der Waals surface area contributed by atoms with E-state index in [1.54, 1.807) is 0 Å². The topological polar surface area (TPSA) is 23.8 Å². The number of benzene rings is 3. The molecule has 0 aliphatic heterocycles. The minimum Gasteiger partial charge on any atom is -0.206 e. The molecule has 0 heterocycles. The molecule has 30 heavy (non-hydrogen) atoms. The summed E-state index contributed by atoms with van der Waals surface area (Å²) in [5.74, 6) is -20.0. The summed E-state index contributed by atoms with van der Waals surface area (Å²) < 4.78 is 128. The third kappa shape index (κ3) is 3.07. The molecule has 0 aliphatic rings. The molecule has 0 saturated carbocycles. The van der Waals surface area contributed by atoms with Crippen molar-refractivity contribution in [2.75, 3.05) is 0 Å². The predicted molar refractivity (Wildman–Crippen MR) is 86.3 cm³/mol. The summed E-state index contributed by atoms with van der Waals surface area (Å²) in [6, 6.07) is 4.97. The van der Waals surface area contributed by atoms with Crippen molar-refractivity contribution < 1.29 is 39.5 Å². The summed E-state index contributed by atoms with van der Waals surface area (Å²) in [5, 5.41) is 8.80. The third-order valence-electron chi connectivity index (χ3n) is 4.28. The Morgan fingerprint density at radius 2 is 1.03 bits per heavy atom. The second-order valence-electron chi connectivity index (χ2n) is 5.93. The molecule has 0 spiro atoms. The van der Waals surface area contributed by atoms with E-state index >= 15 is 0 Å². The first-order chi connectivity index (χ1) is 14.1. The van der Waals surface area contributed by atoms with E-state index < -0.39 is 86.6 Å². The SMILES string of the molecule is N#CCc1c(F)c(F)c(F)c(F)c1-c1c(F)c(F)c(F)c(F)c1-c1ccccc1F. The molecular formula is C20H6F9N. The van der Waals surface area contributed by atoms with Gasteiger partial charge in [0.15, 0.2) is 46.5 Å². The average molecular weight is 431 g/mol. The minimum atomic E-state index is -2.49. The first-order valence-corrected chi connectivity index (χ1v) is 7.96. The summed E-state index contributed by atoms with van der Waals surface area (Å²) in [5.41, 5.74) is -6.81. The van der Waals surface area contributed by atoms with E-state index in [0.29, 0.717) is 0 Å². The summed E-state index contributed by atoms with van der Waals surface area (Å²) in [4.78, 5) is 0. The van der Waals surface area contributed by atoms with Gasteiger partial charge in [-0.3, -0.25) is 0 Å². The Bertz CT molecular complexity index is 1230. The number of nitrogens with zero attached hydrogens (tertiary/aromatic N) is 1. The Balaban J connectivity index is 2.63. The molecular weight excluding hydrogens is 425 g/mol. The first kappa shape index (κ1) is 21.2. The smallest absolute Gasteiger partial charge is 0.198 e. The van der Waals surface area contributed by atoms with Crippen LogP contribution < -0.4 is 0 Å². The van der Waals surface area contributed by atoms with Crippen molar-refractivity contribution in [2.24, 2.45) is 0 Å². The lowest BCUT2D eigenvalue weighted by Crippen LogP contribution is -2.11. The van der Waals surface area contributed by atoms with Crippen molar-refractivity contribution >= 4 is 0 Å². The van der Waals surface area contributed by atoms with Crippen LogP contribution in [0.2, 0.25) is 0 Å². The van der Waals surface area contributed by atoms with E-state index in [-0.39, 0.29) is 0 Å². The standard InChI is InChI=1S/C20H6F9N/c21-9-4-2-1-3-7(9)10-12(16(25)20(29)19(28)14(10)23)11-8(5-6-30)13(22)17(26)18(27)15(11)24/h1-4H,5H2. The highest BCUT2D eigenvalue weighted by Crippen LogP contribution is 2.43. The first-order valence-electron chi connectivity index (χ1n) is 7.96. The predicted octanol–water partition coefficient (Wildman–Crippen LogP) is 6.34. The van der Waals surface area contributed by atoms with E-state index in [2.05, 4.69) is 0 Å². The maximum absolute atomic E-state index is 14.7. The highest BCUT2D eigenvalue weighted by molar-refractivity contribution is 5.86. The molecule has 0 fully saturated rings. The van der Waals surface area contributed by atoms with Crippen LogP contribution in [0, 0.1) is 63.7 Å². The van der Waals surface area contributed by atoms with Crippen molar-refractivity contribution in [1.82, 2.24) is 0 Å². The van der Waals surface area contributed by atoms with E-state index in [1.807, 2.05) is 0 Å². The number of rotatable bonds is 3. The van der Waals surface area contributed by atoms with E-state index in [0.717, 1.165) is 24.3 Å². The quantitative estimate of drug-likeness (QED) is 0.270. The molecule has 0 bridgehead atoms. The maximum Gasteiger partial charge on any atom is 0.198 e. The van der Waals surface area contributed by atoms with Gasteiger partial charge >= 0.3 is 0 Å². The van der Waals surface area contributed by atoms with Gasteiger partial charge in [-0.2, -0.15) is 5.26 Å². The Hall–Kier alpha value is -3.48. The largest absolute Gasteiger partial charge is 0.206 e. The molecule has 1 nitrogen and oxygen atoms in total. The van der Waals surface area contributed by atoms with Crippen LogP contribution >= 0.6 is 0 Å². The monoisotopic (exact) mass is 431 g/mol. The van der Waals surface area contributed by atoms with Gasteiger partial charge in [0.25, 0.3) is 0 Å².